The fourth-order valence-corrected chi connectivity index (χ4v) is 1.40. The van der Waals surface area contributed by atoms with Gasteiger partial charge in [-0.05, 0) is 6.42 Å². The number of rotatable bonds is 5. The van der Waals surface area contributed by atoms with Gasteiger partial charge in [0.15, 0.2) is 0 Å². The van der Waals surface area contributed by atoms with Crippen molar-refractivity contribution in [2.75, 3.05) is 19.7 Å². The van der Waals surface area contributed by atoms with Crippen LogP contribution in [0.1, 0.15) is 26.2 Å². The van der Waals surface area contributed by atoms with Crippen LogP contribution in [0.5, 0.6) is 0 Å². The Morgan fingerprint density at radius 3 is 2.92 bits per heavy atom. The Labute approximate surface area is 78.5 Å². The maximum Gasteiger partial charge on any atom is 0.410 e. The summed E-state index contributed by atoms with van der Waals surface area (Å²) in [5.41, 5.74) is 0. The molecule has 0 unspecified atom stereocenters. The van der Waals surface area contributed by atoms with E-state index in [1.807, 2.05) is 0 Å². The maximum atomic E-state index is 11.1. The molecule has 1 rings (SSSR count). The Morgan fingerprint density at radius 1 is 1.62 bits per heavy atom. The van der Waals surface area contributed by atoms with Crippen LogP contribution in [0.2, 0.25) is 0 Å². The third-order valence-electron chi connectivity index (χ3n) is 2.18. The number of ether oxygens (including phenoxy) is 1. The second-order valence-electron chi connectivity index (χ2n) is 3.34. The molecule has 0 aromatic carbocycles. The Kier molecular flexibility index (Phi) is 4.02. The highest BCUT2D eigenvalue weighted by atomic mass is 16.6. The third kappa shape index (κ3) is 2.88. The Hall–Kier alpha value is -0.770. The van der Waals surface area contributed by atoms with E-state index in [2.05, 4.69) is 6.92 Å². The SMILES string of the molecule is CCCCCN1C[C@H](CO)OC1=O. The molecule has 0 aliphatic carbocycles. The fraction of sp³-hybridized carbons (Fsp3) is 0.889. The van der Waals surface area contributed by atoms with Crippen molar-refractivity contribution < 1.29 is 14.6 Å². The monoisotopic (exact) mass is 187 g/mol. The van der Waals surface area contributed by atoms with Crippen molar-refractivity contribution in [3.63, 3.8) is 0 Å². The summed E-state index contributed by atoms with van der Waals surface area (Å²) in [6.45, 7) is 3.34. The number of unbranched alkanes of at least 4 members (excludes halogenated alkanes) is 2. The van der Waals surface area contributed by atoms with Gasteiger partial charge < -0.3 is 14.7 Å². The molecule has 1 amide bonds. The predicted molar refractivity (Wildman–Crippen MR) is 48.5 cm³/mol. The van der Waals surface area contributed by atoms with Gasteiger partial charge in [0, 0.05) is 6.54 Å². The first-order valence-electron chi connectivity index (χ1n) is 4.84. The number of aliphatic hydroxyl groups excluding tert-OH is 1. The van der Waals surface area contributed by atoms with Crippen LogP contribution in [0.3, 0.4) is 0 Å². The quantitative estimate of drug-likeness (QED) is 0.653. The predicted octanol–water partition coefficient (Wildman–Crippen LogP) is 0.990. The lowest BCUT2D eigenvalue weighted by molar-refractivity contribution is 0.0947. The van der Waals surface area contributed by atoms with Gasteiger partial charge in [-0.1, -0.05) is 19.8 Å². The van der Waals surface area contributed by atoms with Crippen LogP contribution in [0.4, 0.5) is 4.79 Å². The first-order valence-corrected chi connectivity index (χ1v) is 4.84. The van der Waals surface area contributed by atoms with E-state index >= 15 is 0 Å². The molecular formula is C9H17NO3. The van der Waals surface area contributed by atoms with Gasteiger partial charge >= 0.3 is 6.09 Å². The van der Waals surface area contributed by atoms with Crippen molar-refractivity contribution in [1.29, 1.82) is 0 Å². The van der Waals surface area contributed by atoms with Crippen LogP contribution >= 0.6 is 0 Å². The molecule has 0 aromatic heterocycles. The van der Waals surface area contributed by atoms with E-state index in [-0.39, 0.29) is 18.8 Å². The minimum Gasteiger partial charge on any atom is -0.442 e. The third-order valence-corrected chi connectivity index (χ3v) is 2.18. The standard InChI is InChI=1S/C9H17NO3/c1-2-3-4-5-10-6-8(7-11)13-9(10)12/h8,11H,2-7H2,1H3/t8-/m1/s1. The first-order chi connectivity index (χ1) is 6.27. The molecule has 13 heavy (non-hydrogen) atoms. The summed E-state index contributed by atoms with van der Waals surface area (Å²) in [6.07, 6.45) is 2.70. The minimum absolute atomic E-state index is 0.0734. The van der Waals surface area contributed by atoms with Crippen LogP contribution in [0.15, 0.2) is 0 Å². The first kappa shape index (κ1) is 10.3. The molecule has 0 saturated carbocycles. The molecule has 1 atom stereocenters. The van der Waals surface area contributed by atoms with E-state index in [1.165, 1.54) is 0 Å². The van der Waals surface area contributed by atoms with Crippen LogP contribution in [-0.4, -0.2) is 41.9 Å². The van der Waals surface area contributed by atoms with Gasteiger partial charge in [0.2, 0.25) is 0 Å². The number of carbonyl (C=O) groups is 1. The Morgan fingerprint density at radius 2 is 2.38 bits per heavy atom. The number of amides is 1. The van der Waals surface area contributed by atoms with Gasteiger partial charge in [-0.2, -0.15) is 0 Å². The molecule has 1 N–H and O–H groups in total. The molecule has 4 nitrogen and oxygen atoms in total. The summed E-state index contributed by atoms with van der Waals surface area (Å²) in [7, 11) is 0. The molecule has 1 heterocycles. The number of nitrogens with zero attached hydrogens (tertiary/aromatic N) is 1. The molecule has 1 fully saturated rings. The molecule has 0 bridgehead atoms. The number of aliphatic hydroxyl groups is 1. The van der Waals surface area contributed by atoms with Crippen molar-refractivity contribution in [1.82, 2.24) is 4.90 Å². The van der Waals surface area contributed by atoms with Crippen molar-refractivity contribution in [3.05, 3.63) is 0 Å². The maximum absolute atomic E-state index is 11.1. The van der Waals surface area contributed by atoms with Crippen molar-refractivity contribution in [3.8, 4) is 0 Å². The van der Waals surface area contributed by atoms with Crippen LogP contribution in [0, 0.1) is 0 Å². The highest BCUT2D eigenvalue weighted by Crippen LogP contribution is 2.11. The number of hydrogen-bond acceptors (Lipinski definition) is 3. The van der Waals surface area contributed by atoms with Gasteiger partial charge in [-0.15, -0.1) is 0 Å². The van der Waals surface area contributed by atoms with E-state index in [9.17, 15) is 4.79 Å². The summed E-state index contributed by atoms with van der Waals surface area (Å²) in [6, 6.07) is 0. The molecule has 76 valence electrons. The number of hydrogen-bond donors (Lipinski definition) is 1. The molecular weight excluding hydrogens is 170 g/mol. The lowest BCUT2D eigenvalue weighted by atomic mass is 10.2. The highest BCUT2D eigenvalue weighted by molar-refractivity contribution is 5.69. The largest absolute Gasteiger partial charge is 0.442 e. The molecule has 0 spiro atoms. The van der Waals surface area contributed by atoms with E-state index in [4.69, 9.17) is 9.84 Å². The summed E-state index contributed by atoms with van der Waals surface area (Å²) < 4.78 is 4.89. The molecule has 4 heteroatoms. The van der Waals surface area contributed by atoms with Crippen molar-refractivity contribution >= 4 is 6.09 Å². The van der Waals surface area contributed by atoms with Gasteiger partial charge in [-0.3, -0.25) is 0 Å². The Bertz CT molecular complexity index is 172. The molecule has 1 saturated heterocycles. The normalized spacial score (nSPS) is 22.2. The molecule has 0 aromatic rings. The second kappa shape index (κ2) is 5.07. The number of carbonyl (C=O) groups excluding carboxylic acids is 1. The molecule has 1 aliphatic rings. The highest BCUT2D eigenvalue weighted by Gasteiger charge is 2.29. The van der Waals surface area contributed by atoms with Crippen molar-refractivity contribution in [2.24, 2.45) is 0 Å². The van der Waals surface area contributed by atoms with Gasteiger partial charge in [0.1, 0.15) is 6.10 Å². The van der Waals surface area contributed by atoms with E-state index < -0.39 is 0 Å². The fourth-order valence-electron chi connectivity index (χ4n) is 1.40. The molecule has 1 aliphatic heterocycles. The molecule has 0 radical (unpaired) electrons. The van der Waals surface area contributed by atoms with E-state index in [0.29, 0.717) is 6.54 Å². The zero-order valence-electron chi connectivity index (χ0n) is 8.03. The van der Waals surface area contributed by atoms with Gasteiger partial charge in [0.05, 0.1) is 13.2 Å². The lowest BCUT2D eigenvalue weighted by Crippen LogP contribution is -2.26. The lowest BCUT2D eigenvalue weighted by Gasteiger charge is -2.11. The topological polar surface area (TPSA) is 49.8 Å². The zero-order chi connectivity index (χ0) is 9.68. The van der Waals surface area contributed by atoms with Gasteiger partial charge in [-0.25, -0.2) is 4.79 Å². The van der Waals surface area contributed by atoms with E-state index in [1.54, 1.807) is 4.90 Å². The Balaban J connectivity index is 2.23. The van der Waals surface area contributed by atoms with Crippen LogP contribution in [-0.2, 0) is 4.74 Å². The smallest absolute Gasteiger partial charge is 0.410 e. The summed E-state index contributed by atoms with van der Waals surface area (Å²) >= 11 is 0. The summed E-state index contributed by atoms with van der Waals surface area (Å²) in [5.74, 6) is 0. The summed E-state index contributed by atoms with van der Waals surface area (Å²) in [5, 5.41) is 8.77. The van der Waals surface area contributed by atoms with Gasteiger partial charge in [0.25, 0.3) is 0 Å². The minimum atomic E-state index is -0.311. The summed E-state index contributed by atoms with van der Waals surface area (Å²) in [4.78, 5) is 12.8. The average Bonchev–Trinajstić information content (AvgIpc) is 2.48. The van der Waals surface area contributed by atoms with Crippen LogP contribution < -0.4 is 0 Å². The second-order valence-corrected chi connectivity index (χ2v) is 3.34. The average molecular weight is 187 g/mol. The van der Waals surface area contributed by atoms with E-state index in [0.717, 1.165) is 25.8 Å². The zero-order valence-corrected chi connectivity index (χ0v) is 8.03. The number of cyclic esters (lactones) is 1. The van der Waals surface area contributed by atoms with Crippen LogP contribution in [0.25, 0.3) is 0 Å². The van der Waals surface area contributed by atoms with Crippen molar-refractivity contribution in [2.45, 2.75) is 32.3 Å².